The van der Waals surface area contributed by atoms with Crippen LogP contribution >= 0.6 is 0 Å². The van der Waals surface area contributed by atoms with E-state index < -0.39 is 0 Å². The van der Waals surface area contributed by atoms with Crippen molar-refractivity contribution in [3.63, 3.8) is 0 Å². The van der Waals surface area contributed by atoms with Gasteiger partial charge in [-0.1, -0.05) is 26.7 Å². The molecule has 0 atom stereocenters. The fourth-order valence-electron chi connectivity index (χ4n) is 2.74. The van der Waals surface area contributed by atoms with Crippen molar-refractivity contribution < 1.29 is 0 Å². The topological polar surface area (TPSA) is 3.24 Å². The second-order valence-electron chi connectivity index (χ2n) is 6.03. The molecule has 1 fully saturated rings. The summed E-state index contributed by atoms with van der Waals surface area (Å²) in [7, 11) is 0. The minimum atomic E-state index is 0.380. The van der Waals surface area contributed by atoms with E-state index in [4.69, 9.17) is 0 Å². The predicted octanol–water partition coefficient (Wildman–Crippen LogP) is 3.69. The summed E-state index contributed by atoms with van der Waals surface area (Å²) >= 11 is 0. The molecule has 1 rings (SSSR count). The summed E-state index contributed by atoms with van der Waals surface area (Å²) in [4.78, 5) is 2.62. The van der Waals surface area contributed by atoms with E-state index in [1.54, 1.807) is 0 Å². The first kappa shape index (κ1) is 12.0. The minimum Gasteiger partial charge on any atom is -0.297 e. The lowest BCUT2D eigenvalue weighted by Crippen LogP contribution is -2.62. The van der Waals surface area contributed by atoms with Gasteiger partial charge in [-0.3, -0.25) is 4.90 Å². The van der Waals surface area contributed by atoms with Gasteiger partial charge in [-0.15, -0.1) is 0 Å². The number of hydrogen-bond acceptors (Lipinski definition) is 1. The largest absolute Gasteiger partial charge is 0.297 e. The Hall–Kier alpha value is -0.0400. The van der Waals surface area contributed by atoms with Crippen LogP contribution in [-0.2, 0) is 0 Å². The molecule has 1 aliphatic rings. The van der Waals surface area contributed by atoms with E-state index in [2.05, 4.69) is 39.5 Å². The Labute approximate surface area is 89.9 Å². The van der Waals surface area contributed by atoms with Gasteiger partial charge >= 0.3 is 0 Å². The molecule has 84 valence electrons. The zero-order chi connectivity index (χ0) is 10.8. The summed E-state index contributed by atoms with van der Waals surface area (Å²) in [5.74, 6) is 0. The quantitative estimate of drug-likeness (QED) is 0.664. The third-order valence-electron chi connectivity index (χ3n) is 3.56. The molecule has 1 heterocycles. The van der Waals surface area contributed by atoms with Gasteiger partial charge in [-0.2, -0.15) is 0 Å². The normalized spacial score (nSPS) is 22.1. The minimum absolute atomic E-state index is 0.380. The average Bonchev–Trinajstić information content (AvgIpc) is 1.97. The first-order valence-corrected chi connectivity index (χ1v) is 6.18. The Morgan fingerprint density at radius 2 is 1.43 bits per heavy atom. The van der Waals surface area contributed by atoms with Crippen molar-refractivity contribution in [1.29, 1.82) is 0 Å². The maximum Gasteiger partial charge on any atom is 0.0125 e. The van der Waals surface area contributed by atoms with Crippen molar-refractivity contribution >= 4 is 0 Å². The van der Waals surface area contributed by atoms with Gasteiger partial charge in [0.1, 0.15) is 0 Å². The molecule has 0 aliphatic carbocycles. The van der Waals surface area contributed by atoms with Gasteiger partial charge in [0.25, 0.3) is 0 Å². The lowest BCUT2D eigenvalue weighted by atomic mass is 9.71. The van der Waals surface area contributed by atoms with Crippen LogP contribution in [0.2, 0.25) is 0 Å². The van der Waals surface area contributed by atoms with E-state index in [9.17, 15) is 0 Å². The molecule has 0 unspecified atom stereocenters. The molecule has 1 nitrogen and oxygen atoms in total. The van der Waals surface area contributed by atoms with Crippen LogP contribution in [0.5, 0.6) is 0 Å². The zero-order valence-corrected chi connectivity index (χ0v) is 10.7. The smallest absolute Gasteiger partial charge is 0.0125 e. The molecule has 0 aromatic rings. The molecule has 0 aromatic carbocycles. The number of nitrogens with zero attached hydrogens (tertiary/aromatic N) is 1. The fraction of sp³-hybridized carbons (Fsp3) is 1.00. The van der Waals surface area contributed by atoms with Crippen LogP contribution in [-0.4, -0.2) is 23.5 Å². The Morgan fingerprint density at radius 3 is 1.71 bits per heavy atom. The zero-order valence-electron chi connectivity index (χ0n) is 10.7. The number of rotatable bonds is 4. The summed E-state index contributed by atoms with van der Waals surface area (Å²) in [6.07, 6.45) is 5.54. The second-order valence-corrected chi connectivity index (χ2v) is 6.03. The van der Waals surface area contributed by atoms with Gasteiger partial charge in [0, 0.05) is 18.6 Å². The predicted molar refractivity (Wildman–Crippen MR) is 63.6 cm³/mol. The van der Waals surface area contributed by atoms with Gasteiger partial charge in [0.2, 0.25) is 0 Å². The summed E-state index contributed by atoms with van der Waals surface area (Å²) < 4.78 is 0. The second kappa shape index (κ2) is 4.22. The SMILES string of the molecule is CCCC1(CCC)CN(C(C)(C)C)C1. The summed E-state index contributed by atoms with van der Waals surface area (Å²) in [5, 5.41) is 0. The van der Waals surface area contributed by atoms with Crippen molar-refractivity contribution in [1.82, 2.24) is 4.90 Å². The highest BCUT2D eigenvalue weighted by molar-refractivity contribution is 4.98. The Balaban J connectivity index is 2.46. The van der Waals surface area contributed by atoms with Gasteiger partial charge in [0.05, 0.1) is 0 Å². The molecule has 0 saturated carbocycles. The van der Waals surface area contributed by atoms with Crippen molar-refractivity contribution in [2.24, 2.45) is 5.41 Å². The molecule has 1 saturated heterocycles. The Kier molecular flexibility index (Phi) is 3.63. The van der Waals surface area contributed by atoms with E-state index >= 15 is 0 Å². The summed E-state index contributed by atoms with van der Waals surface area (Å²) in [6.45, 7) is 14.3. The summed E-state index contributed by atoms with van der Waals surface area (Å²) in [6, 6.07) is 0. The maximum absolute atomic E-state index is 2.62. The molecule has 0 spiro atoms. The standard InChI is InChI=1S/C13H27N/c1-6-8-13(9-7-2)10-14(11-13)12(3,4)5/h6-11H2,1-5H3. The molecule has 0 amide bonds. The average molecular weight is 197 g/mol. The first-order chi connectivity index (χ1) is 6.43. The number of hydrogen-bond donors (Lipinski definition) is 0. The Morgan fingerprint density at radius 1 is 1.00 bits per heavy atom. The first-order valence-electron chi connectivity index (χ1n) is 6.18. The third kappa shape index (κ3) is 2.50. The fourth-order valence-corrected chi connectivity index (χ4v) is 2.74. The van der Waals surface area contributed by atoms with Gasteiger partial charge < -0.3 is 0 Å². The van der Waals surface area contributed by atoms with Crippen LogP contribution in [0.4, 0.5) is 0 Å². The van der Waals surface area contributed by atoms with Crippen molar-refractivity contribution in [3.8, 4) is 0 Å². The van der Waals surface area contributed by atoms with Crippen LogP contribution in [0, 0.1) is 5.41 Å². The molecule has 1 aliphatic heterocycles. The molecular formula is C13H27N. The highest BCUT2D eigenvalue weighted by Gasteiger charge is 2.44. The lowest BCUT2D eigenvalue weighted by Gasteiger charge is -2.56. The van der Waals surface area contributed by atoms with Crippen molar-refractivity contribution in [2.45, 2.75) is 65.8 Å². The highest BCUT2D eigenvalue weighted by atomic mass is 15.3. The van der Waals surface area contributed by atoms with E-state index in [0.717, 1.165) is 0 Å². The van der Waals surface area contributed by atoms with Crippen molar-refractivity contribution in [2.75, 3.05) is 13.1 Å². The molecule has 14 heavy (non-hydrogen) atoms. The highest BCUT2D eigenvalue weighted by Crippen LogP contribution is 2.42. The van der Waals surface area contributed by atoms with Gasteiger partial charge in [-0.25, -0.2) is 0 Å². The lowest BCUT2D eigenvalue weighted by molar-refractivity contribution is -0.0692. The monoisotopic (exact) mass is 197 g/mol. The van der Waals surface area contributed by atoms with E-state index in [0.29, 0.717) is 11.0 Å². The van der Waals surface area contributed by atoms with Crippen LogP contribution in [0.3, 0.4) is 0 Å². The van der Waals surface area contributed by atoms with Gasteiger partial charge in [0.15, 0.2) is 0 Å². The van der Waals surface area contributed by atoms with E-state index in [1.807, 2.05) is 0 Å². The molecule has 1 heteroatoms. The van der Waals surface area contributed by atoms with E-state index in [-0.39, 0.29) is 0 Å². The molecule has 0 radical (unpaired) electrons. The Bertz CT molecular complexity index is 164. The van der Waals surface area contributed by atoms with Crippen LogP contribution < -0.4 is 0 Å². The third-order valence-corrected chi connectivity index (χ3v) is 3.56. The molecule has 0 aromatic heterocycles. The summed E-state index contributed by atoms with van der Waals surface area (Å²) in [5.41, 5.74) is 1.06. The molecule has 0 N–H and O–H groups in total. The maximum atomic E-state index is 2.62. The van der Waals surface area contributed by atoms with Crippen LogP contribution in [0.1, 0.15) is 60.3 Å². The van der Waals surface area contributed by atoms with Crippen LogP contribution in [0.25, 0.3) is 0 Å². The van der Waals surface area contributed by atoms with Gasteiger partial charge in [-0.05, 0) is 39.0 Å². The molecular weight excluding hydrogens is 170 g/mol. The molecule has 0 bridgehead atoms. The van der Waals surface area contributed by atoms with E-state index in [1.165, 1.54) is 38.8 Å². The van der Waals surface area contributed by atoms with Crippen LogP contribution in [0.15, 0.2) is 0 Å². The number of likely N-dealkylation sites (tertiary alicyclic amines) is 1. The van der Waals surface area contributed by atoms with Crippen molar-refractivity contribution in [3.05, 3.63) is 0 Å².